The minimum Gasteiger partial charge on any atom is -0.246 e. The molecule has 1 aliphatic rings. The lowest BCUT2D eigenvalue weighted by atomic mass is 10.1. The van der Waals surface area contributed by atoms with Crippen molar-refractivity contribution >= 4 is 22.6 Å². The molecule has 0 fully saturated rings. The zero-order valence-corrected chi connectivity index (χ0v) is 9.65. The van der Waals surface area contributed by atoms with E-state index in [1.807, 2.05) is 0 Å². The van der Waals surface area contributed by atoms with Crippen molar-refractivity contribution in [2.24, 2.45) is 0 Å². The summed E-state index contributed by atoms with van der Waals surface area (Å²) in [6, 6.07) is 12.8. The maximum Gasteiger partial charge on any atom is 0.101 e. The second-order valence-electron chi connectivity index (χ2n) is 3.46. The quantitative estimate of drug-likeness (QED) is 0.458. The first kappa shape index (κ1) is 8.41. The molecule has 0 saturated heterocycles. The second-order valence-corrected chi connectivity index (χ2v) is 4.57. The van der Waals surface area contributed by atoms with Crippen molar-refractivity contribution in [2.75, 3.05) is 0 Å². The summed E-state index contributed by atoms with van der Waals surface area (Å²) >= 11 is 2.26. The molecule has 1 heterocycles. The Morgan fingerprint density at radius 2 is 1.86 bits per heavy atom. The minimum absolute atomic E-state index is 0.988. The van der Waals surface area contributed by atoms with Gasteiger partial charge in [-0.15, -0.1) is 0 Å². The highest BCUT2D eigenvalue weighted by Crippen LogP contribution is 2.35. The summed E-state index contributed by atoms with van der Waals surface area (Å²) in [5, 5.41) is 0. The molecule has 0 amide bonds. The molecule has 3 rings (SSSR count). The molecule has 0 N–H and O–H groups in total. The summed E-state index contributed by atoms with van der Waals surface area (Å²) in [6.45, 7) is 0. The predicted molar refractivity (Wildman–Crippen MR) is 65.2 cm³/mol. The Bertz CT molecular complexity index is 505. The molecular weight excluding hydrogens is 285 g/mol. The predicted octanol–water partition coefficient (Wildman–Crippen LogP) is 3.26. The maximum atomic E-state index is 4.56. The van der Waals surface area contributed by atoms with E-state index < -0.39 is 0 Å². The van der Waals surface area contributed by atoms with Gasteiger partial charge in [0.1, 0.15) is 3.70 Å². The number of fused-ring (bicyclic) bond motifs is 3. The van der Waals surface area contributed by atoms with Gasteiger partial charge in [-0.2, -0.15) is 0 Å². The topological polar surface area (TPSA) is 12.9 Å². The fraction of sp³-hybridized carbons (Fsp3) is 0.0833. The Morgan fingerprint density at radius 3 is 2.79 bits per heavy atom. The Balaban J connectivity index is 2.27. The van der Waals surface area contributed by atoms with Crippen LogP contribution in [0.1, 0.15) is 11.3 Å². The maximum absolute atomic E-state index is 4.56. The second kappa shape index (κ2) is 3.05. The van der Waals surface area contributed by atoms with Crippen molar-refractivity contribution in [1.29, 1.82) is 0 Å². The van der Waals surface area contributed by atoms with Crippen LogP contribution in [0.2, 0.25) is 0 Å². The van der Waals surface area contributed by atoms with Gasteiger partial charge in [-0.1, -0.05) is 24.3 Å². The molecule has 0 unspecified atom stereocenters. The van der Waals surface area contributed by atoms with Gasteiger partial charge in [0.2, 0.25) is 0 Å². The first-order chi connectivity index (χ1) is 6.84. The summed E-state index contributed by atoms with van der Waals surface area (Å²) < 4.78 is 1.08. The SMILES string of the molecule is Ic1ccc2c(n1)Cc1ccccc1-2. The molecular formula is C12H8IN. The Labute approximate surface area is 96.3 Å². The number of halogens is 1. The molecule has 0 saturated carbocycles. The van der Waals surface area contributed by atoms with Crippen molar-refractivity contribution in [3.05, 3.63) is 51.4 Å². The zero-order valence-electron chi connectivity index (χ0n) is 7.50. The molecule has 1 aromatic heterocycles. The number of pyridine rings is 1. The highest BCUT2D eigenvalue weighted by Gasteiger charge is 2.18. The molecule has 0 radical (unpaired) electrons. The van der Waals surface area contributed by atoms with Crippen LogP contribution in [0, 0.1) is 3.70 Å². The first-order valence-electron chi connectivity index (χ1n) is 4.58. The Kier molecular flexibility index (Phi) is 1.83. The molecule has 0 aliphatic heterocycles. The molecule has 0 spiro atoms. The summed E-state index contributed by atoms with van der Waals surface area (Å²) in [4.78, 5) is 4.56. The summed E-state index contributed by atoms with van der Waals surface area (Å²) in [5.41, 5.74) is 5.28. The van der Waals surface area contributed by atoms with Crippen molar-refractivity contribution < 1.29 is 0 Å². The number of rotatable bonds is 0. The van der Waals surface area contributed by atoms with E-state index in [-0.39, 0.29) is 0 Å². The molecule has 0 bridgehead atoms. The van der Waals surface area contributed by atoms with Crippen molar-refractivity contribution in [1.82, 2.24) is 4.98 Å². The molecule has 0 atom stereocenters. The minimum atomic E-state index is 0.988. The van der Waals surface area contributed by atoms with E-state index in [9.17, 15) is 0 Å². The monoisotopic (exact) mass is 293 g/mol. The Hall–Kier alpha value is -0.900. The van der Waals surface area contributed by atoms with Crippen LogP contribution in [0.25, 0.3) is 11.1 Å². The first-order valence-corrected chi connectivity index (χ1v) is 5.66. The van der Waals surface area contributed by atoms with Gasteiger partial charge >= 0.3 is 0 Å². The molecule has 1 aliphatic carbocycles. The number of hydrogen-bond donors (Lipinski definition) is 0. The lowest BCUT2D eigenvalue weighted by Gasteiger charge is -1.99. The fourth-order valence-electron chi connectivity index (χ4n) is 1.97. The van der Waals surface area contributed by atoms with E-state index in [0.717, 1.165) is 10.1 Å². The normalized spacial score (nSPS) is 12.4. The number of hydrogen-bond acceptors (Lipinski definition) is 1. The smallest absolute Gasteiger partial charge is 0.101 e. The lowest BCUT2D eigenvalue weighted by Crippen LogP contribution is -1.88. The van der Waals surface area contributed by atoms with E-state index in [0.29, 0.717) is 0 Å². The lowest BCUT2D eigenvalue weighted by molar-refractivity contribution is 1.10. The number of aromatic nitrogens is 1. The average Bonchev–Trinajstić information content (AvgIpc) is 2.54. The van der Waals surface area contributed by atoms with Crippen LogP contribution in [0.5, 0.6) is 0 Å². The van der Waals surface area contributed by atoms with Crippen LogP contribution in [0.3, 0.4) is 0 Å². The van der Waals surface area contributed by atoms with Gasteiger partial charge < -0.3 is 0 Å². The van der Waals surface area contributed by atoms with Crippen molar-refractivity contribution in [3.8, 4) is 11.1 Å². The molecule has 14 heavy (non-hydrogen) atoms. The zero-order chi connectivity index (χ0) is 9.54. The summed E-state index contributed by atoms with van der Waals surface area (Å²) in [7, 11) is 0. The van der Waals surface area contributed by atoms with Gasteiger partial charge in [0.05, 0.1) is 5.69 Å². The van der Waals surface area contributed by atoms with Crippen LogP contribution in [-0.4, -0.2) is 4.98 Å². The third kappa shape index (κ3) is 1.17. The van der Waals surface area contributed by atoms with Crippen LogP contribution in [-0.2, 0) is 6.42 Å². The van der Waals surface area contributed by atoms with E-state index in [1.54, 1.807) is 0 Å². The molecule has 2 heteroatoms. The molecule has 1 nitrogen and oxygen atoms in total. The van der Waals surface area contributed by atoms with E-state index in [4.69, 9.17) is 0 Å². The van der Waals surface area contributed by atoms with Crippen molar-refractivity contribution in [2.45, 2.75) is 6.42 Å². The summed E-state index contributed by atoms with van der Waals surface area (Å²) in [6.07, 6.45) is 0.988. The highest BCUT2D eigenvalue weighted by atomic mass is 127. The molecule has 1 aromatic carbocycles. The van der Waals surface area contributed by atoms with Crippen LogP contribution in [0.4, 0.5) is 0 Å². The third-order valence-electron chi connectivity index (χ3n) is 2.61. The molecule has 68 valence electrons. The van der Waals surface area contributed by atoms with Crippen molar-refractivity contribution in [3.63, 3.8) is 0 Å². The molecule has 2 aromatic rings. The van der Waals surface area contributed by atoms with Gasteiger partial charge in [0, 0.05) is 12.0 Å². The van der Waals surface area contributed by atoms with Crippen LogP contribution in [0.15, 0.2) is 36.4 Å². The Morgan fingerprint density at radius 1 is 1.00 bits per heavy atom. The van der Waals surface area contributed by atoms with Crippen LogP contribution < -0.4 is 0 Å². The van der Waals surface area contributed by atoms with Gasteiger partial charge in [-0.3, -0.25) is 0 Å². The van der Waals surface area contributed by atoms with Gasteiger partial charge in [-0.25, -0.2) is 4.98 Å². The van der Waals surface area contributed by atoms with E-state index >= 15 is 0 Å². The average molecular weight is 293 g/mol. The third-order valence-corrected chi connectivity index (χ3v) is 3.21. The fourth-order valence-corrected chi connectivity index (χ4v) is 2.44. The number of nitrogens with zero attached hydrogens (tertiary/aromatic N) is 1. The largest absolute Gasteiger partial charge is 0.246 e. The van der Waals surface area contributed by atoms with E-state index in [1.165, 1.54) is 22.4 Å². The van der Waals surface area contributed by atoms with Crippen LogP contribution >= 0.6 is 22.6 Å². The standard InChI is InChI=1S/C12H8IN/c13-12-6-5-10-9-4-2-1-3-8(9)7-11(10)14-12/h1-6H,7H2. The number of benzene rings is 1. The van der Waals surface area contributed by atoms with Gasteiger partial charge in [0.15, 0.2) is 0 Å². The summed E-state index contributed by atoms with van der Waals surface area (Å²) in [5.74, 6) is 0. The highest BCUT2D eigenvalue weighted by molar-refractivity contribution is 14.1. The van der Waals surface area contributed by atoms with Gasteiger partial charge in [0.25, 0.3) is 0 Å². The van der Waals surface area contributed by atoms with E-state index in [2.05, 4.69) is 64.0 Å². The van der Waals surface area contributed by atoms with Gasteiger partial charge in [-0.05, 0) is 45.9 Å².